The van der Waals surface area contributed by atoms with Crippen molar-refractivity contribution in [2.75, 3.05) is 0 Å². The molecule has 0 saturated heterocycles. The summed E-state index contributed by atoms with van der Waals surface area (Å²) in [6.07, 6.45) is 3.03. The lowest BCUT2D eigenvalue weighted by Gasteiger charge is -2.06. The van der Waals surface area contributed by atoms with Crippen molar-refractivity contribution in [3.8, 4) is 11.1 Å². The van der Waals surface area contributed by atoms with Crippen molar-refractivity contribution < 1.29 is 5.11 Å². The molecule has 1 aromatic carbocycles. The highest BCUT2D eigenvalue weighted by molar-refractivity contribution is 5.62. The quantitative estimate of drug-likeness (QED) is 0.806. The summed E-state index contributed by atoms with van der Waals surface area (Å²) in [7, 11) is 0. The van der Waals surface area contributed by atoms with Gasteiger partial charge in [-0.1, -0.05) is 30.3 Å². The van der Waals surface area contributed by atoms with Crippen LogP contribution >= 0.6 is 0 Å². The highest BCUT2D eigenvalue weighted by atomic mass is 16.3. The fourth-order valence-corrected chi connectivity index (χ4v) is 1.47. The van der Waals surface area contributed by atoms with Crippen LogP contribution in [0.25, 0.3) is 11.1 Å². The molecule has 0 saturated carbocycles. The molecule has 0 radical (unpaired) electrons. The molecule has 1 heterocycles. The van der Waals surface area contributed by atoms with E-state index in [-0.39, 0.29) is 0 Å². The Morgan fingerprint density at radius 3 is 2.47 bits per heavy atom. The number of rotatable bonds is 2. The number of benzene rings is 1. The summed E-state index contributed by atoms with van der Waals surface area (Å²) in [5.74, 6) is 0. The summed E-state index contributed by atoms with van der Waals surface area (Å²) in [6, 6.07) is 12.0. The van der Waals surface area contributed by atoms with Crippen molar-refractivity contribution in [3.05, 3.63) is 54.4 Å². The average molecular weight is 199 g/mol. The Kier molecular flexibility index (Phi) is 2.79. The first kappa shape index (κ1) is 9.87. The van der Waals surface area contributed by atoms with Gasteiger partial charge in [-0.05, 0) is 24.1 Å². The van der Waals surface area contributed by atoms with Gasteiger partial charge in [0.1, 0.15) is 0 Å². The van der Waals surface area contributed by atoms with Crippen LogP contribution in [0.2, 0.25) is 0 Å². The molecule has 1 N–H and O–H groups in total. The number of aliphatic hydroxyl groups excluding tert-OH is 1. The Bertz CT molecular complexity index is 437. The molecule has 0 spiro atoms. The normalized spacial score (nSPS) is 12.4. The minimum atomic E-state index is -0.471. The van der Waals surface area contributed by atoms with Gasteiger partial charge in [0.05, 0.1) is 6.10 Å². The number of hydrogen-bond acceptors (Lipinski definition) is 2. The molecule has 0 aliphatic carbocycles. The molecule has 76 valence electrons. The Morgan fingerprint density at radius 2 is 1.80 bits per heavy atom. The smallest absolute Gasteiger partial charge is 0.0777 e. The average Bonchev–Trinajstić information content (AvgIpc) is 2.30. The molecule has 2 rings (SSSR count). The van der Waals surface area contributed by atoms with Crippen LogP contribution in [0, 0.1) is 0 Å². The monoisotopic (exact) mass is 199 g/mol. The molecule has 2 heteroatoms. The summed E-state index contributed by atoms with van der Waals surface area (Å²) < 4.78 is 0. The zero-order valence-electron chi connectivity index (χ0n) is 8.59. The lowest BCUT2D eigenvalue weighted by atomic mass is 10.0. The third-order valence-corrected chi connectivity index (χ3v) is 2.35. The van der Waals surface area contributed by atoms with Gasteiger partial charge in [0.2, 0.25) is 0 Å². The van der Waals surface area contributed by atoms with E-state index in [9.17, 15) is 5.11 Å². The third kappa shape index (κ3) is 2.22. The van der Waals surface area contributed by atoms with Crippen LogP contribution in [-0.2, 0) is 0 Å². The van der Waals surface area contributed by atoms with Crippen LogP contribution in [0.15, 0.2) is 48.8 Å². The minimum Gasteiger partial charge on any atom is -0.389 e. The Balaban J connectivity index is 2.42. The van der Waals surface area contributed by atoms with E-state index in [1.165, 1.54) is 0 Å². The first-order valence-corrected chi connectivity index (χ1v) is 4.96. The summed E-state index contributed by atoms with van der Waals surface area (Å²) >= 11 is 0. The second-order valence-corrected chi connectivity index (χ2v) is 3.55. The molecule has 2 nitrogen and oxygen atoms in total. The van der Waals surface area contributed by atoms with E-state index in [0.717, 1.165) is 16.7 Å². The standard InChI is InChI=1S/C13H13NO/c1-10(15)12-7-13(9-14-8-12)11-5-3-2-4-6-11/h2-10,15H,1H3. The van der Waals surface area contributed by atoms with Gasteiger partial charge in [-0.2, -0.15) is 0 Å². The van der Waals surface area contributed by atoms with E-state index in [0.29, 0.717) is 0 Å². The molecule has 1 aromatic heterocycles. The van der Waals surface area contributed by atoms with E-state index < -0.39 is 6.10 Å². The molecule has 1 atom stereocenters. The van der Waals surface area contributed by atoms with E-state index in [1.54, 1.807) is 19.3 Å². The van der Waals surface area contributed by atoms with Gasteiger partial charge in [-0.3, -0.25) is 4.98 Å². The van der Waals surface area contributed by atoms with Gasteiger partial charge in [0.25, 0.3) is 0 Å². The second-order valence-electron chi connectivity index (χ2n) is 3.55. The van der Waals surface area contributed by atoms with Crippen LogP contribution in [0.5, 0.6) is 0 Å². The van der Waals surface area contributed by atoms with Gasteiger partial charge in [0, 0.05) is 18.0 Å². The Morgan fingerprint density at radius 1 is 1.07 bits per heavy atom. The van der Waals surface area contributed by atoms with Crippen LogP contribution < -0.4 is 0 Å². The van der Waals surface area contributed by atoms with Crippen LogP contribution in [0.4, 0.5) is 0 Å². The number of hydrogen-bond donors (Lipinski definition) is 1. The first-order chi connectivity index (χ1) is 7.27. The predicted molar refractivity (Wildman–Crippen MR) is 60.3 cm³/mol. The lowest BCUT2D eigenvalue weighted by molar-refractivity contribution is 0.199. The number of aliphatic hydroxyl groups is 1. The van der Waals surface area contributed by atoms with Crippen molar-refractivity contribution in [2.24, 2.45) is 0 Å². The summed E-state index contributed by atoms with van der Waals surface area (Å²) in [5, 5.41) is 9.46. The number of pyridine rings is 1. The van der Waals surface area contributed by atoms with Crippen molar-refractivity contribution in [1.82, 2.24) is 4.98 Å². The number of aromatic nitrogens is 1. The van der Waals surface area contributed by atoms with Crippen molar-refractivity contribution in [3.63, 3.8) is 0 Å². The molecule has 0 fully saturated rings. The van der Waals surface area contributed by atoms with E-state index in [4.69, 9.17) is 0 Å². The second kappa shape index (κ2) is 4.24. The highest BCUT2D eigenvalue weighted by Crippen LogP contribution is 2.21. The largest absolute Gasteiger partial charge is 0.389 e. The zero-order chi connectivity index (χ0) is 10.7. The summed E-state index contributed by atoms with van der Waals surface area (Å²) in [4.78, 5) is 4.12. The van der Waals surface area contributed by atoms with Crippen molar-refractivity contribution in [2.45, 2.75) is 13.0 Å². The lowest BCUT2D eigenvalue weighted by Crippen LogP contribution is -1.92. The molecular formula is C13H13NO. The van der Waals surface area contributed by atoms with Gasteiger partial charge in [0.15, 0.2) is 0 Å². The van der Waals surface area contributed by atoms with E-state index in [1.807, 2.05) is 36.4 Å². The van der Waals surface area contributed by atoms with Crippen LogP contribution in [0.3, 0.4) is 0 Å². The summed E-state index contributed by atoms with van der Waals surface area (Å²) in [6.45, 7) is 1.74. The number of nitrogens with zero attached hydrogens (tertiary/aromatic N) is 1. The maximum absolute atomic E-state index is 9.46. The maximum Gasteiger partial charge on any atom is 0.0777 e. The zero-order valence-corrected chi connectivity index (χ0v) is 8.59. The molecule has 1 unspecified atom stereocenters. The van der Waals surface area contributed by atoms with Gasteiger partial charge in [-0.25, -0.2) is 0 Å². The first-order valence-electron chi connectivity index (χ1n) is 4.96. The molecule has 2 aromatic rings. The SMILES string of the molecule is CC(O)c1cncc(-c2ccccc2)c1. The third-order valence-electron chi connectivity index (χ3n) is 2.35. The van der Waals surface area contributed by atoms with Crippen molar-refractivity contribution >= 4 is 0 Å². The van der Waals surface area contributed by atoms with E-state index in [2.05, 4.69) is 4.98 Å². The minimum absolute atomic E-state index is 0.471. The fourth-order valence-electron chi connectivity index (χ4n) is 1.47. The highest BCUT2D eigenvalue weighted by Gasteiger charge is 2.03. The predicted octanol–water partition coefficient (Wildman–Crippen LogP) is 2.80. The molecular weight excluding hydrogens is 186 g/mol. The Hall–Kier alpha value is -1.67. The fraction of sp³-hybridized carbons (Fsp3) is 0.154. The molecule has 0 bridgehead atoms. The summed E-state index contributed by atoms with van der Waals surface area (Å²) in [5.41, 5.74) is 3.00. The topological polar surface area (TPSA) is 33.1 Å². The Labute approximate surface area is 89.2 Å². The van der Waals surface area contributed by atoms with Gasteiger partial charge in [-0.15, -0.1) is 0 Å². The molecule has 0 aliphatic heterocycles. The maximum atomic E-state index is 9.46. The van der Waals surface area contributed by atoms with Gasteiger partial charge < -0.3 is 5.11 Å². The van der Waals surface area contributed by atoms with E-state index >= 15 is 0 Å². The molecule has 15 heavy (non-hydrogen) atoms. The molecule has 0 aliphatic rings. The van der Waals surface area contributed by atoms with Crippen molar-refractivity contribution in [1.29, 1.82) is 0 Å². The van der Waals surface area contributed by atoms with Crippen LogP contribution in [0.1, 0.15) is 18.6 Å². The van der Waals surface area contributed by atoms with Gasteiger partial charge >= 0.3 is 0 Å². The molecule has 0 amide bonds. The van der Waals surface area contributed by atoms with Crippen LogP contribution in [-0.4, -0.2) is 10.1 Å².